The predicted molar refractivity (Wildman–Crippen MR) is 108 cm³/mol. The molecule has 0 aliphatic heterocycles. The molecule has 1 aromatic heterocycles. The van der Waals surface area contributed by atoms with E-state index in [9.17, 15) is 4.79 Å². The smallest absolute Gasteiger partial charge is 0.256 e. The Bertz CT molecular complexity index is 1070. The van der Waals surface area contributed by atoms with Crippen LogP contribution < -0.4 is 10.6 Å². The van der Waals surface area contributed by atoms with Crippen LogP contribution in [0.15, 0.2) is 85.1 Å². The van der Waals surface area contributed by atoms with E-state index in [1.807, 2.05) is 36.4 Å². The quantitative estimate of drug-likeness (QED) is 0.554. The minimum atomic E-state index is -0.200. The fourth-order valence-corrected chi connectivity index (χ4v) is 2.91. The summed E-state index contributed by atoms with van der Waals surface area (Å²) >= 11 is 0. The molecule has 0 radical (unpaired) electrons. The van der Waals surface area contributed by atoms with Crippen molar-refractivity contribution < 1.29 is 4.79 Å². The normalized spacial score (nSPS) is 10.5. The summed E-state index contributed by atoms with van der Waals surface area (Å²) in [5, 5.41) is 8.42. The summed E-state index contributed by atoms with van der Waals surface area (Å²) < 4.78 is 0. The summed E-state index contributed by atoms with van der Waals surface area (Å²) in [5.74, 6) is 0.724. The van der Waals surface area contributed by atoms with E-state index in [1.165, 1.54) is 10.8 Å². The van der Waals surface area contributed by atoms with Gasteiger partial charge in [-0.1, -0.05) is 60.7 Å². The van der Waals surface area contributed by atoms with Crippen LogP contribution in [0.4, 0.5) is 11.8 Å². The fraction of sp³-hybridized carbons (Fsp3) is 0.0455. The summed E-state index contributed by atoms with van der Waals surface area (Å²) in [6.45, 7) is 0.595. The molecule has 0 spiro atoms. The third-order valence-electron chi connectivity index (χ3n) is 4.25. The van der Waals surface area contributed by atoms with Gasteiger partial charge in [0.2, 0.25) is 5.95 Å². The van der Waals surface area contributed by atoms with Crippen LogP contribution in [0.2, 0.25) is 0 Å². The van der Waals surface area contributed by atoms with Gasteiger partial charge < -0.3 is 10.6 Å². The molecule has 0 unspecified atom stereocenters. The van der Waals surface area contributed by atoms with Crippen molar-refractivity contribution in [2.24, 2.45) is 0 Å². The van der Waals surface area contributed by atoms with Crippen molar-refractivity contribution >= 4 is 28.4 Å². The van der Waals surface area contributed by atoms with Crippen molar-refractivity contribution in [3.8, 4) is 0 Å². The lowest BCUT2D eigenvalue weighted by atomic mass is 10.0. The summed E-state index contributed by atoms with van der Waals surface area (Å²) in [4.78, 5) is 20.9. The van der Waals surface area contributed by atoms with Gasteiger partial charge in [-0.15, -0.1) is 0 Å². The zero-order valence-corrected chi connectivity index (χ0v) is 14.6. The summed E-state index contributed by atoms with van der Waals surface area (Å²) in [6.07, 6.45) is 1.62. The van der Waals surface area contributed by atoms with Crippen molar-refractivity contribution in [3.63, 3.8) is 0 Å². The Morgan fingerprint density at radius 3 is 2.52 bits per heavy atom. The second-order valence-corrected chi connectivity index (χ2v) is 6.08. The molecular formula is C22H18N4O. The maximum atomic E-state index is 12.3. The molecule has 0 aliphatic carbocycles. The van der Waals surface area contributed by atoms with Crippen molar-refractivity contribution in [1.82, 2.24) is 9.97 Å². The molecule has 0 saturated heterocycles. The fourth-order valence-electron chi connectivity index (χ4n) is 2.91. The van der Waals surface area contributed by atoms with Gasteiger partial charge in [-0.3, -0.25) is 4.79 Å². The van der Waals surface area contributed by atoms with E-state index in [2.05, 4.69) is 44.9 Å². The number of aromatic nitrogens is 2. The molecular weight excluding hydrogens is 336 g/mol. The average molecular weight is 354 g/mol. The largest absolute Gasteiger partial charge is 0.350 e. The highest BCUT2D eigenvalue weighted by atomic mass is 16.1. The second kappa shape index (κ2) is 7.66. The number of benzene rings is 3. The standard InChI is InChI=1S/C22H18N4O/c27-21(17-8-2-1-3-9-17)25-20-13-14-23-22(26-20)24-15-18-11-6-10-16-7-4-5-12-19(16)18/h1-14H,15H2,(H2,23,24,25,26,27). The monoisotopic (exact) mass is 354 g/mol. The first-order chi connectivity index (χ1) is 13.3. The molecule has 5 nitrogen and oxygen atoms in total. The zero-order valence-electron chi connectivity index (χ0n) is 14.6. The van der Waals surface area contributed by atoms with Gasteiger partial charge in [0, 0.05) is 18.3 Å². The summed E-state index contributed by atoms with van der Waals surface area (Å²) in [7, 11) is 0. The maximum absolute atomic E-state index is 12.3. The Morgan fingerprint density at radius 1 is 0.852 bits per heavy atom. The van der Waals surface area contributed by atoms with Gasteiger partial charge in [0.25, 0.3) is 5.91 Å². The van der Waals surface area contributed by atoms with Gasteiger partial charge in [0.1, 0.15) is 5.82 Å². The number of anilines is 2. The van der Waals surface area contributed by atoms with E-state index in [4.69, 9.17) is 0 Å². The lowest BCUT2D eigenvalue weighted by Gasteiger charge is -2.10. The van der Waals surface area contributed by atoms with Crippen LogP contribution in [0.3, 0.4) is 0 Å². The molecule has 0 aliphatic rings. The first-order valence-corrected chi connectivity index (χ1v) is 8.69. The van der Waals surface area contributed by atoms with E-state index in [-0.39, 0.29) is 5.91 Å². The topological polar surface area (TPSA) is 66.9 Å². The van der Waals surface area contributed by atoms with E-state index in [0.717, 1.165) is 5.56 Å². The minimum Gasteiger partial charge on any atom is -0.350 e. The molecule has 0 fully saturated rings. The van der Waals surface area contributed by atoms with Gasteiger partial charge in [0.05, 0.1) is 0 Å². The van der Waals surface area contributed by atoms with E-state index in [1.54, 1.807) is 24.4 Å². The van der Waals surface area contributed by atoms with Crippen molar-refractivity contribution in [2.75, 3.05) is 10.6 Å². The van der Waals surface area contributed by atoms with Crippen LogP contribution in [-0.4, -0.2) is 15.9 Å². The van der Waals surface area contributed by atoms with E-state index >= 15 is 0 Å². The van der Waals surface area contributed by atoms with Crippen LogP contribution >= 0.6 is 0 Å². The van der Waals surface area contributed by atoms with Crippen LogP contribution in [0, 0.1) is 0 Å². The molecule has 5 heteroatoms. The van der Waals surface area contributed by atoms with Crippen LogP contribution in [0.1, 0.15) is 15.9 Å². The number of hydrogen-bond donors (Lipinski definition) is 2. The molecule has 3 aromatic carbocycles. The average Bonchev–Trinajstić information content (AvgIpc) is 2.73. The zero-order chi connectivity index (χ0) is 18.5. The molecule has 1 heterocycles. The Hall–Kier alpha value is -3.73. The van der Waals surface area contributed by atoms with Crippen LogP contribution in [0.25, 0.3) is 10.8 Å². The van der Waals surface area contributed by atoms with E-state index < -0.39 is 0 Å². The van der Waals surface area contributed by atoms with Crippen molar-refractivity contribution in [2.45, 2.75) is 6.54 Å². The molecule has 2 N–H and O–H groups in total. The molecule has 132 valence electrons. The number of carbonyl (C=O) groups excluding carboxylic acids is 1. The molecule has 0 bridgehead atoms. The summed E-state index contributed by atoms with van der Waals surface area (Å²) in [5.41, 5.74) is 1.75. The summed E-state index contributed by atoms with van der Waals surface area (Å²) in [6, 6.07) is 25.2. The highest BCUT2D eigenvalue weighted by Crippen LogP contribution is 2.19. The second-order valence-electron chi connectivity index (χ2n) is 6.08. The number of amides is 1. The van der Waals surface area contributed by atoms with Gasteiger partial charge in [-0.25, -0.2) is 4.98 Å². The third-order valence-corrected chi connectivity index (χ3v) is 4.25. The van der Waals surface area contributed by atoms with Gasteiger partial charge in [-0.2, -0.15) is 4.98 Å². The lowest BCUT2D eigenvalue weighted by Crippen LogP contribution is -2.14. The maximum Gasteiger partial charge on any atom is 0.256 e. The lowest BCUT2D eigenvalue weighted by molar-refractivity contribution is 0.102. The van der Waals surface area contributed by atoms with Gasteiger partial charge in [0.15, 0.2) is 0 Å². The Kier molecular flexibility index (Phi) is 4.74. The Balaban J connectivity index is 1.47. The predicted octanol–water partition coefficient (Wildman–Crippen LogP) is 4.49. The first kappa shape index (κ1) is 16.7. The van der Waals surface area contributed by atoms with Crippen LogP contribution in [-0.2, 0) is 6.54 Å². The minimum absolute atomic E-state index is 0.200. The SMILES string of the molecule is O=C(Nc1ccnc(NCc2cccc3ccccc23)n1)c1ccccc1. The highest BCUT2D eigenvalue weighted by molar-refractivity contribution is 6.03. The molecule has 1 amide bonds. The van der Waals surface area contributed by atoms with Crippen molar-refractivity contribution in [1.29, 1.82) is 0 Å². The molecule has 27 heavy (non-hydrogen) atoms. The third kappa shape index (κ3) is 3.93. The Morgan fingerprint density at radius 2 is 1.63 bits per heavy atom. The number of fused-ring (bicyclic) bond motifs is 1. The van der Waals surface area contributed by atoms with Gasteiger partial charge in [-0.05, 0) is 34.5 Å². The molecule has 0 atom stereocenters. The van der Waals surface area contributed by atoms with Gasteiger partial charge >= 0.3 is 0 Å². The number of rotatable bonds is 5. The number of carbonyl (C=O) groups is 1. The Labute approximate surface area is 157 Å². The van der Waals surface area contributed by atoms with Crippen molar-refractivity contribution in [3.05, 3.63) is 96.2 Å². The molecule has 0 saturated carbocycles. The molecule has 4 aromatic rings. The van der Waals surface area contributed by atoms with E-state index in [0.29, 0.717) is 23.9 Å². The number of hydrogen-bond acceptors (Lipinski definition) is 4. The molecule has 4 rings (SSSR count). The first-order valence-electron chi connectivity index (χ1n) is 8.69. The number of nitrogens with one attached hydrogen (secondary N) is 2. The highest BCUT2D eigenvalue weighted by Gasteiger charge is 2.07. The number of nitrogens with zero attached hydrogens (tertiary/aromatic N) is 2. The van der Waals surface area contributed by atoms with Crippen LogP contribution in [0.5, 0.6) is 0 Å².